The van der Waals surface area contributed by atoms with E-state index in [9.17, 15) is 4.79 Å². The Balaban J connectivity index is 1.52. The monoisotopic (exact) mass is 477 g/mol. The lowest BCUT2D eigenvalue weighted by molar-refractivity contribution is -0.116. The largest absolute Gasteiger partial charge is 0.490 e. The van der Waals surface area contributed by atoms with Gasteiger partial charge in [-0.15, -0.1) is 0 Å². The van der Waals surface area contributed by atoms with Gasteiger partial charge in [0.25, 0.3) is 0 Å². The minimum absolute atomic E-state index is 0.0199. The van der Waals surface area contributed by atoms with E-state index >= 15 is 0 Å². The van der Waals surface area contributed by atoms with Crippen LogP contribution >= 0.6 is 15.9 Å². The number of hydrogen-bond acceptors (Lipinski definition) is 4. The summed E-state index contributed by atoms with van der Waals surface area (Å²) in [6.45, 7) is 2.28. The first-order valence-electron chi connectivity index (χ1n) is 11.1. The second-order valence-corrected chi connectivity index (χ2v) is 9.55. The van der Waals surface area contributed by atoms with Gasteiger partial charge in [-0.1, -0.05) is 28.1 Å². The van der Waals surface area contributed by atoms with E-state index in [0.717, 1.165) is 59.3 Å². The van der Waals surface area contributed by atoms with Crippen molar-refractivity contribution in [1.82, 2.24) is 4.90 Å². The number of Topliss-reactive ketones (excluding diaryl/α,β-unsaturated/α-hetero) is 1. The molecule has 4 nitrogen and oxygen atoms in total. The Morgan fingerprint density at radius 1 is 0.968 bits per heavy atom. The number of carbonyl (C=O) groups excluding carboxylic acids is 1. The topological polar surface area (TPSA) is 38.8 Å². The molecule has 4 aliphatic rings. The van der Waals surface area contributed by atoms with E-state index in [2.05, 4.69) is 57.2 Å². The summed E-state index contributed by atoms with van der Waals surface area (Å²) in [5, 5.41) is 0. The molecule has 5 heteroatoms. The van der Waals surface area contributed by atoms with Crippen LogP contribution in [0.2, 0.25) is 0 Å². The zero-order valence-corrected chi connectivity index (χ0v) is 18.9. The molecule has 1 aliphatic carbocycles. The van der Waals surface area contributed by atoms with Crippen LogP contribution in [-0.2, 0) is 11.2 Å². The summed E-state index contributed by atoms with van der Waals surface area (Å²) < 4.78 is 13.0. The van der Waals surface area contributed by atoms with E-state index in [4.69, 9.17) is 9.47 Å². The van der Waals surface area contributed by atoms with Crippen LogP contribution in [0.15, 0.2) is 58.2 Å². The molecule has 0 spiro atoms. The molecule has 2 aromatic rings. The van der Waals surface area contributed by atoms with Crippen molar-refractivity contribution in [3.05, 3.63) is 74.9 Å². The van der Waals surface area contributed by atoms with Crippen molar-refractivity contribution in [1.29, 1.82) is 0 Å². The lowest BCUT2D eigenvalue weighted by atomic mass is 9.77. The van der Waals surface area contributed by atoms with Crippen LogP contribution in [0.4, 0.5) is 0 Å². The molecule has 3 heterocycles. The van der Waals surface area contributed by atoms with Crippen LogP contribution in [0.5, 0.6) is 11.5 Å². The van der Waals surface area contributed by atoms with Gasteiger partial charge in [0, 0.05) is 52.3 Å². The molecule has 0 N–H and O–H groups in total. The molecule has 6 rings (SSSR count). The Morgan fingerprint density at radius 2 is 1.81 bits per heavy atom. The Hall–Kier alpha value is -2.53. The van der Waals surface area contributed by atoms with E-state index in [-0.39, 0.29) is 5.92 Å². The second kappa shape index (κ2) is 7.56. The Morgan fingerprint density at radius 3 is 2.65 bits per heavy atom. The summed E-state index contributed by atoms with van der Waals surface area (Å²) in [7, 11) is 0. The van der Waals surface area contributed by atoms with Crippen LogP contribution in [0, 0.1) is 0 Å². The fourth-order valence-corrected chi connectivity index (χ4v) is 5.76. The van der Waals surface area contributed by atoms with Crippen LogP contribution < -0.4 is 9.47 Å². The van der Waals surface area contributed by atoms with Crippen LogP contribution in [0.1, 0.15) is 48.3 Å². The standard InChI is InChI=1S/C26H24BrNO3/c27-18-5-1-4-16(12-18)20-14-22-19-15-25-24(30-10-3-11-31-25)13-17(19)8-9-28(22)21-6-2-7-23(29)26(20)21/h1,4-5,12-15,20H,2-3,6-11H2. The highest BCUT2D eigenvalue weighted by Gasteiger charge is 2.38. The molecular weight excluding hydrogens is 454 g/mol. The van der Waals surface area contributed by atoms with Crippen molar-refractivity contribution in [3.8, 4) is 11.5 Å². The van der Waals surface area contributed by atoms with E-state index in [0.29, 0.717) is 25.4 Å². The maximum Gasteiger partial charge on any atom is 0.161 e. The lowest BCUT2D eigenvalue weighted by Gasteiger charge is -2.43. The van der Waals surface area contributed by atoms with Gasteiger partial charge in [-0.05, 0) is 60.7 Å². The number of ether oxygens (including phenoxy) is 2. The van der Waals surface area contributed by atoms with Gasteiger partial charge in [-0.3, -0.25) is 4.79 Å². The lowest BCUT2D eigenvalue weighted by Crippen LogP contribution is -2.36. The van der Waals surface area contributed by atoms with Gasteiger partial charge in [0.1, 0.15) is 0 Å². The number of halogens is 1. The summed E-state index contributed by atoms with van der Waals surface area (Å²) in [5.41, 5.74) is 7.08. The zero-order chi connectivity index (χ0) is 20.9. The minimum atomic E-state index is -0.0199. The van der Waals surface area contributed by atoms with Gasteiger partial charge in [0.15, 0.2) is 17.3 Å². The quantitative estimate of drug-likeness (QED) is 0.534. The third kappa shape index (κ3) is 3.21. The van der Waals surface area contributed by atoms with Crippen molar-refractivity contribution in [2.75, 3.05) is 19.8 Å². The van der Waals surface area contributed by atoms with Crippen molar-refractivity contribution in [3.63, 3.8) is 0 Å². The smallest absolute Gasteiger partial charge is 0.161 e. The number of hydrogen-bond donors (Lipinski definition) is 0. The molecule has 0 bridgehead atoms. The number of benzene rings is 2. The van der Waals surface area contributed by atoms with Gasteiger partial charge in [-0.2, -0.15) is 0 Å². The highest BCUT2D eigenvalue weighted by Crippen LogP contribution is 2.48. The van der Waals surface area contributed by atoms with Crippen LogP contribution in [0.25, 0.3) is 5.70 Å². The van der Waals surface area contributed by atoms with E-state index in [1.54, 1.807) is 0 Å². The molecule has 3 aliphatic heterocycles. The summed E-state index contributed by atoms with van der Waals surface area (Å²) >= 11 is 3.61. The number of carbonyl (C=O) groups is 1. The van der Waals surface area contributed by atoms with Crippen LogP contribution in [-0.4, -0.2) is 30.4 Å². The highest BCUT2D eigenvalue weighted by molar-refractivity contribution is 9.10. The van der Waals surface area contributed by atoms with E-state index in [1.165, 1.54) is 22.5 Å². The first-order chi connectivity index (χ1) is 15.2. The molecule has 0 radical (unpaired) electrons. The zero-order valence-electron chi connectivity index (χ0n) is 17.3. The molecule has 0 aromatic heterocycles. The van der Waals surface area contributed by atoms with E-state index < -0.39 is 0 Å². The molecule has 31 heavy (non-hydrogen) atoms. The molecular formula is C26H24BrNO3. The molecule has 158 valence electrons. The number of rotatable bonds is 1. The Bertz CT molecular complexity index is 1150. The molecule has 1 unspecified atom stereocenters. The number of fused-ring (bicyclic) bond motifs is 5. The molecule has 2 aromatic carbocycles. The molecule has 0 saturated heterocycles. The number of nitrogens with zero attached hydrogens (tertiary/aromatic N) is 1. The summed E-state index contributed by atoms with van der Waals surface area (Å²) in [6, 6.07) is 12.7. The fourth-order valence-electron chi connectivity index (χ4n) is 5.34. The highest BCUT2D eigenvalue weighted by atomic mass is 79.9. The molecule has 0 amide bonds. The minimum Gasteiger partial charge on any atom is -0.490 e. The van der Waals surface area contributed by atoms with E-state index in [1.807, 2.05) is 6.07 Å². The number of allylic oxidation sites excluding steroid dienone is 3. The normalized spacial score (nSPS) is 22.2. The average Bonchev–Trinajstić information content (AvgIpc) is 3.02. The van der Waals surface area contributed by atoms with Gasteiger partial charge >= 0.3 is 0 Å². The van der Waals surface area contributed by atoms with Crippen molar-refractivity contribution in [2.24, 2.45) is 0 Å². The third-order valence-electron chi connectivity index (χ3n) is 6.74. The van der Waals surface area contributed by atoms with Gasteiger partial charge in [-0.25, -0.2) is 0 Å². The average molecular weight is 478 g/mol. The first kappa shape index (κ1) is 19.2. The maximum absolute atomic E-state index is 13.1. The van der Waals surface area contributed by atoms with Crippen molar-refractivity contribution in [2.45, 2.75) is 38.0 Å². The SMILES string of the molecule is O=C1CCCC2=C1C(c1cccc(Br)c1)C=C1c3cc4c(cc3CCN12)OCCCO4. The summed E-state index contributed by atoms with van der Waals surface area (Å²) in [5.74, 6) is 1.97. The summed E-state index contributed by atoms with van der Waals surface area (Å²) in [4.78, 5) is 15.5. The molecule has 1 atom stereocenters. The fraction of sp³-hybridized carbons (Fsp3) is 0.346. The predicted octanol–water partition coefficient (Wildman–Crippen LogP) is 5.61. The third-order valence-corrected chi connectivity index (χ3v) is 7.24. The maximum atomic E-state index is 13.1. The summed E-state index contributed by atoms with van der Waals surface area (Å²) in [6.07, 6.45) is 6.68. The van der Waals surface area contributed by atoms with Gasteiger partial charge in [0.2, 0.25) is 0 Å². The van der Waals surface area contributed by atoms with Gasteiger partial charge in [0.05, 0.1) is 13.2 Å². The Kier molecular flexibility index (Phi) is 4.67. The Labute approximate surface area is 190 Å². The number of ketones is 1. The first-order valence-corrected chi connectivity index (χ1v) is 11.9. The van der Waals surface area contributed by atoms with Crippen LogP contribution in [0.3, 0.4) is 0 Å². The molecule has 0 saturated carbocycles. The van der Waals surface area contributed by atoms with Crippen molar-refractivity contribution < 1.29 is 14.3 Å². The van der Waals surface area contributed by atoms with Crippen molar-refractivity contribution >= 4 is 27.4 Å². The van der Waals surface area contributed by atoms with Gasteiger partial charge < -0.3 is 14.4 Å². The molecule has 0 fully saturated rings. The predicted molar refractivity (Wildman–Crippen MR) is 123 cm³/mol. The second-order valence-electron chi connectivity index (χ2n) is 8.63.